The van der Waals surface area contributed by atoms with Gasteiger partial charge in [0.15, 0.2) is 0 Å². The molecule has 0 saturated carbocycles. The second-order valence-corrected chi connectivity index (χ2v) is 4.29. The van der Waals surface area contributed by atoms with Crippen molar-refractivity contribution in [2.24, 2.45) is 0 Å². The summed E-state index contributed by atoms with van der Waals surface area (Å²) in [5, 5.41) is 8.90. The first-order chi connectivity index (χ1) is 9.49. The lowest BCUT2D eigenvalue weighted by Gasteiger charge is -2.09. The zero-order chi connectivity index (χ0) is 14.6. The number of ether oxygens (including phenoxy) is 1. The average molecular weight is 282 g/mol. The highest BCUT2D eigenvalue weighted by atomic mass is 19.4. The Kier molecular flexibility index (Phi) is 4.29. The van der Waals surface area contributed by atoms with Crippen molar-refractivity contribution >= 4 is 0 Å². The molecule has 2 aromatic rings. The molecule has 5 heteroatoms. The van der Waals surface area contributed by atoms with E-state index in [0.29, 0.717) is 5.75 Å². The predicted molar refractivity (Wildman–Crippen MR) is 68.1 cm³/mol. The topological polar surface area (TPSA) is 29.5 Å². The summed E-state index contributed by atoms with van der Waals surface area (Å²) >= 11 is 0. The van der Waals surface area contributed by atoms with E-state index in [2.05, 4.69) is 0 Å². The van der Waals surface area contributed by atoms with Crippen LogP contribution in [-0.2, 0) is 19.4 Å². The van der Waals surface area contributed by atoms with E-state index in [-0.39, 0.29) is 13.2 Å². The average Bonchev–Trinajstić information content (AvgIpc) is 2.45. The fourth-order valence-corrected chi connectivity index (χ4v) is 1.65. The molecule has 0 unspecified atom stereocenters. The molecule has 0 radical (unpaired) electrons. The lowest BCUT2D eigenvalue weighted by Crippen LogP contribution is -2.04. The number of alkyl halides is 3. The van der Waals surface area contributed by atoms with Gasteiger partial charge in [0.2, 0.25) is 0 Å². The van der Waals surface area contributed by atoms with Crippen LogP contribution in [0, 0.1) is 0 Å². The smallest absolute Gasteiger partial charge is 0.416 e. The van der Waals surface area contributed by atoms with Gasteiger partial charge in [-0.1, -0.05) is 24.3 Å². The van der Waals surface area contributed by atoms with Crippen LogP contribution >= 0.6 is 0 Å². The van der Waals surface area contributed by atoms with E-state index in [1.165, 1.54) is 12.1 Å². The number of benzene rings is 2. The summed E-state index contributed by atoms with van der Waals surface area (Å²) < 4.78 is 42.5. The van der Waals surface area contributed by atoms with Crippen molar-refractivity contribution in [2.45, 2.75) is 19.4 Å². The summed E-state index contributed by atoms with van der Waals surface area (Å²) in [6, 6.07) is 11.7. The van der Waals surface area contributed by atoms with Gasteiger partial charge in [-0.3, -0.25) is 0 Å². The van der Waals surface area contributed by atoms with Crippen molar-refractivity contribution in [2.75, 3.05) is 0 Å². The molecule has 0 spiro atoms. The van der Waals surface area contributed by atoms with Crippen LogP contribution in [0.25, 0.3) is 0 Å². The molecule has 0 amide bonds. The molecule has 106 valence electrons. The number of hydrogen-bond acceptors (Lipinski definition) is 2. The maximum absolute atomic E-state index is 12.4. The van der Waals surface area contributed by atoms with Crippen molar-refractivity contribution in [1.82, 2.24) is 0 Å². The van der Waals surface area contributed by atoms with Crippen LogP contribution in [-0.4, -0.2) is 5.11 Å². The number of aliphatic hydroxyl groups excluding tert-OH is 1. The summed E-state index contributed by atoms with van der Waals surface area (Å²) in [4.78, 5) is 0. The summed E-state index contributed by atoms with van der Waals surface area (Å²) in [6.07, 6.45) is -4.33. The fourth-order valence-electron chi connectivity index (χ4n) is 1.65. The maximum atomic E-state index is 12.4. The third-order valence-electron chi connectivity index (χ3n) is 2.79. The minimum absolute atomic E-state index is 0.0277. The largest absolute Gasteiger partial charge is 0.489 e. The third kappa shape index (κ3) is 3.74. The van der Waals surface area contributed by atoms with Gasteiger partial charge in [0.1, 0.15) is 12.4 Å². The first-order valence-corrected chi connectivity index (χ1v) is 5.98. The molecule has 0 aliphatic heterocycles. The van der Waals surface area contributed by atoms with Gasteiger partial charge >= 0.3 is 6.18 Å². The van der Waals surface area contributed by atoms with Crippen LogP contribution in [0.2, 0.25) is 0 Å². The highest BCUT2D eigenvalue weighted by Crippen LogP contribution is 2.30. The van der Waals surface area contributed by atoms with E-state index in [0.717, 1.165) is 23.3 Å². The van der Waals surface area contributed by atoms with Crippen LogP contribution in [0.4, 0.5) is 13.2 Å². The molecule has 2 rings (SSSR count). The second kappa shape index (κ2) is 5.96. The molecule has 0 aliphatic rings. The second-order valence-electron chi connectivity index (χ2n) is 4.29. The van der Waals surface area contributed by atoms with Gasteiger partial charge in [0, 0.05) is 0 Å². The molecule has 0 heterocycles. The first-order valence-electron chi connectivity index (χ1n) is 5.98. The van der Waals surface area contributed by atoms with Crippen molar-refractivity contribution in [3.05, 3.63) is 65.2 Å². The van der Waals surface area contributed by atoms with E-state index in [4.69, 9.17) is 9.84 Å². The van der Waals surface area contributed by atoms with Gasteiger partial charge < -0.3 is 9.84 Å². The lowest BCUT2D eigenvalue weighted by atomic mass is 10.1. The highest BCUT2D eigenvalue weighted by Gasteiger charge is 2.29. The lowest BCUT2D eigenvalue weighted by molar-refractivity contribution is -0.137. The van der Waals surface area contributed by atoms with Crippen LogP contribution < -0.4 is 4.74 Å². The molecule has 0 bridgehead atoms. The quantitative estimate of drug-likeness (QED) is 0.924. The van der Waals surface area contributed by atoms with Gasteiger partial charge in [-0.15, -0.1) is 0 Å². The predicted octanol–water partition coefficient (Wildman–Crippen LogP) is 3.78. The molecule has 0 saturated heterocycles. The highest BCUT2D eigenvalue weighted by molar-refractivity contribution is 5.29. The molecular weight excluding hydrogens is 269 g/mol. The molecule has 0 aromatic heterocycles. The van der Waals surface area contributed by atoms with E-state index in [1.807, 2.05) is 0 Å². The van der Waals surface area contributed by atoms with Crippen LogP contribution in [0.1, 0.15) is 16.7 Å². The molecule has 20 heavy (non-hydrogen) atoms. The zero-order valence-corrected chi connectivity index (χ0v) is 10.5. The van der Waals surface area contributed by atoms with Crippen LogP contribution in [0.3, 0.4) is 0 Å². The minimum Gasteiger partial charge on any atom is -0.489 e. The molecular formula is C15H13F3O2. The molecule has 0 aliphatic carbocycles. The van der Waals surface area contributed by atoms with E-state index in [9.17, 15) is 13.2 Å². The zero-order valence-electron chi connectivity index (χ0n) is 10.5. The number of aliphatic hydroxyl groups is 1. The van der Waals surface area contributed by atoms with Crippen molar-refractivity contribution in [1.29, 1.82) is 0 Å². The molecule has 2 aromatic carbocycles. The van der Waals surface area contributed by atoms with Gasteiger partial charge in [-0.25, -0.2) is 0 Å². The van der Waals surface area contributed by atoms with Crippen molar-refractivity contribution in [3.63, 3.8) is 0 Å². The Bertz CT molecular complexity index is 545. The Morgan fingerprint density at radius 3 is 1.90 bits per heavy atom. The van der Waals surface area contributed by atoms with E-state index >= 15 is 0 Å². The van der Waals surface area contributed by atoms with Gasteiger partial charge in [0.05, 0.1) is 12.2 Å². The minimum atomic E-state index is -4.33. The third-order valence-corrected chi connectivity index (χ3v) is 2.79. The Morgan fingerprint density at radius 2 is 1.40 bits per heavy atom. The Hall–Kier alpha value is -2.01. The number of rotatable bonds is 4. The van der Waals surface area contributed by atoms with Gasteiger partial charge in [-0.2, -0.15) is 13.2 Å². The van der Waals surface area contributed by atoms with Gasteiger partial charge in [0.25, 0.3) is 0 Å². The fraction of sp³-hybridized carbons (Fsp3) is 0.200. The van der Waals surface area contributed by atoms with Crippen molar-refractivity contribution < 1.29 is 23.0 Å². The van der Waals surface area contributed by atoms with Crippen LogP contribution in [0.15, 0.2) is 48.5 Å². The maximum Gasteiger partial charge on any atom is 0.416 e. The Morgan fingerprint density at radius 1 is 0.850 bits per heavy atom. The summed E-state index contributed by atoms with van der Waals surface area (Å²) in [5.41, 5.74) is 0.975. The van der Waals surface area contributed by atoms with Crippen LogP contribution in [0.5, 0.6) is 5.75 Å². The summed E-state index contributed by atoms with van der Waals surface area (Å²) in [5.74, 6) is 0.379. The molecule has 2 nitrogen and oxygen atoms in total. The Labute approximate surface area is 114 Å². The summed E-state index contributed by atoms with van der Waals surface area (Å²) in [7, 11) is 0. The first kappa shape index (κ1) is 14.4. The monoisotopic (exact) mass is 282 g/mol. The normalized spacial score (nSPS) is 11.4. The molecule has 0 fully saturated rings. The molecule has 0 atom stereocenters. The van der Waals surface area contributed by atoms with Crippen molar-refractivity contribution in [3.8, 4) is 5.75 Å². The molecule has 1 N–H and O–H groups in total. The van der Waals surface area contributed by atoms with Gasteiger partial charge in [-0.05, 0) is 35.4 Å². The number of halogens is 3. The Balaban J connectivity index is 1.96. The summed E-state index contributed by atoms with van der Waals surface area (Å²) in [6.45, 7) is 0.233. The van der Waals surface area contributed by atoms with E-state index < -0.39 is 11.7 Å². The standard InChI is InChI=1S/C15H13F3O2/c16-15(17,18)13-5-7-14(8-6-13)20-10-12-3-1-11(9-19)2-4-12/h1-8,19H,9-10H2. The SMILES string of the molecule is OCc1ccc(COc2ccc(C(F)(F)F)cc2)cc1. The van der Waals surface area contributed by atoms with E-state index in [1.54, 1.807) is 24.3 Å². The number of hydrogen-bond donors (Lipinski definition) is 1.